The van der Waals surface area contributed by atoms with Crippen LogP contribution >= 0.6 is 0 Å². The third-order valence-electron chi connectivity index (χ3n) is 5.97. The van der Waals surface area contributed by atoms with Gasteiger partial charge in [-0.1, -0.05) is 26.8 Å². The molecule has 11 heteroatoms. The second-order valence-electron chi connectivity index (χ2n) is 9.73. The Morgan fingerprint density at radius 2 is 2.00 bits per heavy atom. The summed E-state index contributed by atoms with van der Waals surface area (Å²) in [6.07, 6.45) is 1.91. The minimum absolute atomic E-state index is 0.139. The summed E-state index contributed by atoms with van der Waals surface area (Å²) in [6, 6.07) is 3.52. The molecule has 2 fully saturated rings. The second-order valence-corrected chi connectivity index (χ2v) is 9.73. The fraction of sp³-hybridized carbons (Fsp3) is 0.545. The molecule has 1 heterocycles. The molecule has 178 valence electrons. The van der Waals surface area contributed by atoms with Crippen molar-refractivity contribution in [2.45, 2.75) is 52.5 Å². The van der Waals surface area contributed by atoms with E-state index in [4.69, 9.17) is 4.74 Å². The minimum Gasteiger partial charge on any atom is -0.454 e. The molecule has 1 saturated carbocycles. The molecule has 0 aromatic heterocycles. The number of imide groups is 1. The van der Waals surface area contributed by atoms with Crippen molar-refractivity contribution in [1.29, 1.82) is 0 Å². The summed E-state index contributed by atoms with van der Waals surface area (Å²) in [5, 5.41) is 16.2. The van der Waals surface area contributed by atoms with Crippen LogP contribution in [0.4, 0.5) is 16.2 Å². The van der Waals surface area contributed by atoms with Crippen LogP contribution in [0, 0.1) is 28.4 Å². The first-order chi connectivity index (χ1) is 15.3. The number of nitrogens with one attached hydrogen (secondary N) is 2. The van der Waals surface area contributed by atoms with Crippen molar-refractivity contribution in [2.24, 2.45) is 11.3 Å². The fourth-order valence-corrected chi connectivity index (χ4v) is 5.05. The molecular formula is C22H28N4O7. The van der Waals surface area contributed by atoms with Gasteiger partial charge < -0.3 is 15.4 Å². The van der Waals surface area contributed by atoms with Crippen molar-refractivity contribution in [3.05, 3.63) is 33.9 Å². The molecule has 2 aliphatic rings. The Bertz CT molecular complexity index is 1020. The normalized spacial score (nSPS) is 23.9. The third-order valence-corrected chi connectivity index (χ3v) is 5.97. The number of urea groups is 1. The van der Waals surface area contributed by atoms with Crippen LogP contribution in [-0.4, -0.2) is 52.3 Å². The van der Waals surface area contributed by atoms with Gasteiger partial charge in [0.25, 0.3) is 17.5 Å². The molecule has 4 amide bonds. The van der Waals surface area contributed by atoms with Gasteiger partial charge >= 0.3 is 12.0 Å². The summed E-state index contributed by atoms with van der Waals surface area (Å²) in [5.41, 5.74) is -0.710. The van der Waals surface area contributed by atoms with Crippen LogP contribution in [0.2, 0.25) is 0 Å². The van der Waals surface area contributed by atoms with Crippen molar-refractivity contribution >= 4 is 35.2 Å². The zero-order valence-electron chi connectivity index (χ0n) is 19.1. The van der Waals surface area contributed by atoms with E-state index in [2.05, 4.69) is 10.6 Å². The number of nitro benzene ring substituents is 1. The number of anilines is 1. The molecule has 2 atom stereocenters. The van der Waals surface area contributed by atoms with Crippen LogP contribution in [0.5, 0.6) is 0 Å². The Morgan fingerprint density at radius 1 is 1.30 bits per heavy atom. The first kappa shape index (κ1) is 24.1. The van der Waals surface area contributed by atoms with Crippen molar-refractivity contribution < 1.29 is 28.8 Å². The molecule has 11 nitrogen and oxygen atoms in total. The van der Waals surface area contributed by atoms with Gasteiger partial charge in [0.1, 0.15) is 12.1 Å². The largest absolute Gasteiger partial charge is 0.454 e. The second kappa shape index (κ2) is 8.80. The van der Waals surface area contributed by atoms with Crippen molar-refractivity contribution in [1.82, 2.24) is 10.2 Å². The average Bonchev–Trinajstić information content (AvgIpc) is 2.89. The predicted molar refractivity (Wildman–Crippen MR) is 117 cm³/mol. The number of esters is 1. The number of nitro groups is 1. The molecule has 1 aliphatic carbocycles. The number of rotatable bonds is 6. The van der Waals surface area contributed by atoms with E-state index < -0.39 is 47.4 Å². The number of hydrogen-bond acceptors (Lipinski definition) is 7. The van der Waals surface area contributed by atoms with Crippen LogP contribution in [0.1, 0.15) is 45.6 Å². The topological polar surface area (TPSA) is 148 Å². The fourth-order valence-electron chi connectivity index (χ4n) is 5.05. The summed E-state index contributed by atoms with van der Waals surface area (Å²) in [4.78, 5) is 61.1. The van der Waals surface area contributed by atoms with E-state index in [1.807, 2.05) is 20.8 Å². The van der Waals surface area contributed by atoms with E-state index in [1.165, 1.54) is 18.2 Å². The maximum absolute atomic E-state index is 13.1. The van der Waals surface area contributed by atoms with Gasteiger partial charge in [-0.3, -0.25) is 29.4 Å². The van der Waals surface area contributed by atoms with Crippen LogP contribution in [0.15, 0.2) is 18.2 Å². The maximum atomic E-state index is 13.1. The monoisotopic (exact) mass is 460 g/mol. The summed E-state index contributed by atoms with van der Waals surface area (Å²) in [5.74, 6) is -1.85. The number of nitrogens with zero attached hydrogens (tertiary/aromatic N) is 2. The van der Waals surface area contributed by atoms with Gasteiger partial charge in [0, 0.05) is 17.3 Å². The summed E-state index contributed by atoms with van der Waals surface area (Å²) in [7, 11) is 0. The number of amides is 4. The summed E-state index contributed by atoms with van der Waals surface area (Å²) in [6.45, 7) is 6.41. The lowest BCUT2D eigenvalue weighted by Gasteiger charge is -2.43. The van der Waals surface area contributed by atoms with E-state index in [0.29, 0.717) is 18.4 Å². The highest BCUT2D eigenvalue weighted by Gasteiger charge is 2.56. The number of benzene rings is 1. The minimum atomic E-state index is -1.03. The molecule has 0 bridgehead atoms. The highest BCUT2D eigenvalue weighted by Crippen LogP contribution is 2.46. The van der Waals surface area contributed by atoms with Gasteiger partial charge in [-0.05, 0) is 43.6 Å². The Balaban J connectivity index is 1.56. The Kier molecular flexibility index (Phi) is 6.44. The molecule has 1 saturated heterocycles. The van der Waals surface area contributed by atoms with Gasteiger partial charge in [-0.15, -0.1) is 0 Å². The van der Waals surface area contributed by atoms with Crippen molar-refractivity contribution in [3.8, 4) is 0 Å². The van der Waals surface area contributed by atoms with E-state index >= 15 is 0 Å². The zero-order valence-corrected chi connectivity index (χ0v) is 19.1. The maximum Gasteiger partial charge on any atom is 0.326 e. The molecule has 3 rings (SSSR count). The standard InChI is InChI=1S/C22H28N4O7/c1-13-8-21(3,4)12-22(9-13)19(29)25(20(30)24-22)10-18(28)33-11-17(27)23-15-6-5-14(2)16(7-15)26(31)32/h5-7,13H,8-12H2,1-4H3,(H,23,27)(H,24,30). The zero-order chi connectivity index (χ0) is 24.6. The first-order valence-corrected chi connectivity index (χ1v) is 10.7. The number of aryl methyl sites for hydroxylation is 1. The van der Waals surface area contributed by atoms with E-state index in [-0.39, 0.29) is 22.7 Å². The molecule has 1 aromatic carbocycles. The van der Waals surface area contributed by atoms with Crippen molar-refractivity contribution in [2.75, 3.05) is 18.5 Å². The number of carbonyl (C=O) groups excluding carboxylic acids is 4. The lowest BCUT2D eigenvalue weighted by Crippen LogP contribution is -2.54. The molecule has 1 aliphatic heterocycles. The van der Waals surface area contributed by atoms with Gasteiger partial charge in [-0.2, -0.15) is 0 Å². The molecule has 0 radical (unpaired) electrons. The van der Waals surface area contributed by atoms with Crippen molar-refractivity contribution in [3.63, 3.8) is 0 Å². The lowest BCUT2D eigenvalue weighted by atomic mass is 9.64. The SMILES string of the molecule is Cc1ccc(NC(=O)COC(=O)CN2C(=O)NC3(CC(C)CC(C)(C)C3)C2=O)cc1[N+](=O)[O-]. The molecule has 1 aromatic rings. The average molecular weight is 460 g/mol. The number of hydrogen-bond donors (Lipinski definition) is 2. The quantitative estimate of drug-likeness (QED) is 0.287. The lowest BCUT2D eigenvalue weighted by molar-refractivity contribution is -0.385. The summed E-state index contributed by atoms with van der Waals surface area (Å²) < 4.78 is 4.92. The van der Waals surface area contributed by atoms with E-state index in [1.54, 1.807) is 6.92 Å². The van der Waals surface area contributed by atoms with Gasteiger partial charge in [0.2, 0.25) is 0 Å². The molecular weight excluding hydrogens is 432 g/mol. The highest BCUT2D eigenvalue weighted by molar-refractivity contribution is 6.09. The Labute approximate surface area is 191 Å². The molecule has 2 N–H and O–H groups in total. The number of ether oxygens (including phenoxy) is 1. The van der Waals surface area contributed by atoms with Gasteiger partial charge in [0.15, 0.2) is 6.61 Å². The van der Waals surface area contributed by atoms with Gasteiger partial charge in [-0.25, -0.2) is 4.79 Å². The first-order valence-electron chi connectivity index (χ1n) is 10.7. The van der Waals surface area contributed by atoms with E-state index in [9.17, 15) is 29.3 Å². The van der Waals surface area contributed by atoms with Crippen LogP contribution in [0.3, 0.4) is 0 Å². The van der Waals surface area contributed by atoms with Gasteiger partial charge in [0.05, 0.1) is 4.92 Å². The summed E-state index contributed by atoms with van der Waals surface area (Å²) >= 11 is 0. The van der Waals surface area contributed by atoms with Crippen LogP contribution < -0.4 is 10.6 Å². The van der Waals surface area contributed by atoms with Crippen LogP contribution in [-0.2, 0) is 19.1 Å². The highest BCUT2D eigenvalue weighted by atomic mass is 16.6. The molecule has 2 unspecified atom stereocenters. The smallest absolute Gasteiger partial charge is 0.326 e. The number of carbonyl (C=O) groups is 4. The molecule has 33 heavy (non-hydrogen) atoms. The Morgan fingerprint density at radius 3 is 2.64 bits per heavy atom. The van der Waals surface area contributed by atoms with E-state index in [0.717, 1.165) is 11.3 Å². The predicted octanol–water partition coefficient (Wildman–Crippen LogP) is 2.52. The third kappa shape index (κ3) is 5.29. The molecule has 1 spiro atoms. The Hall–Kier alpha value is -3.50. The van der Waals surface area contributed by atoms with Crippen LogP contribution in [0.25, 0.3) is 0 Å².